The van der Waals surface area contributed by atoms with Crippen LogP contribution >= 0.6 is 23.2 Å². The molecule has 0 saturated heterocycles. The molecule has 0 bridgehead atoms. The molecule has 0 aliphatic carbocycles. The third-order valence-electron chi connectivity index (χ3n) is 2.80. The summed E-state index contributed by atoms with van der Waals surface area (Å²) in [6, 6.07) is 3.66. The van der Waals surface area contributed by atoms with Gasteiger partial charge in [-0.3, -0.25) is 4.90 Å². The van der Waals surface area contributed by atoms with E-state index in [2.05, 4.69) is 9.88 Å². The van der Waals surface area contributed by atoms with Crippen LogP contribution in [-0.4, -0.2) is 49.4 Å². The van der Waals surface area contributed by atoms with Gasteiger partial charge in [0.15, 0.2) is 0 Å². The number of halogens is 2. The first kappa shape index (κ1) is 17.7. The molecular weight excluding hydrogens is 299 g/mol. The van der Waals surface area contributed by atoms with E-state index in [1.54, 1.807) is 6.07 Å². The molecule has 0 saturated carbocycles. The van der Waals surface area contributed by atoms with Crippen LogP contribution in [0.1, 0.15) is 19.4 Å². The summed E-state index contributed by atoms with van der Waals surface area (Å²) in [5, 5.41) is 0.865. The minimum absolute atomic E-state index is 0.411. The smallest absolute Gasteiger partial charge is 0.135 e. The second-order valence-corrected chi connectivity index (χ2v) is 5.00. The van der Waals surface area contributed by atoms with Crippen molar-refractivity contribution in [3.8, 4) is 0 Å². The minimum atomic E-state index is 0.411. The van der Waals surface area contributed by atoms with Crippen LogP contribution in [0.25, 0.3) is 0 Å². The highest BCUT2D eigenvalue weighted by molar-refractivity contribution is 6.32. The Morgan fingerprint density at radius 2 is 1.65 bits per heavy atom. The van der Waals surface area contributed by atoms with Gasteiger partial charge in [0.05, 0.1) is 13.2 Å². The number of hydrogen-bond donors (Lipinski definition) is 0. The van der Waals surface area contributed by atoms with Gasteiger partial charge in [-0.25, -0.2) is 4.98 Å². The van der Waals surface area contributed by atoms with Crippen LogP contribution in [0.2, 0.25) is 10.3 Å². The summed E-state index contributed by atoms with van der Waals surface area (Å²) in [7, 11) is 0. The summed E-state index contributed by atoms with van der Waals surface area (Å²) in [5.74, 6) is 0. The fraction of sp³-hybridized carbons (Fsp3) is 0.643. The predicted molar refractivity (Wildman–Crippen MR) is 82.5 cm³/mol. The molecule has 0 N–H and O–H groups in total. The van der Waals surface area contributed by atoms with E-state index in [1.165, 1.54) is 0 Å². The Bertz CT molecular complexity index is 381. The lowest BCUT2D eigenvalue weighted by Crippen LogP contribution is -2.31. The Morgan fingerprint density at radius 3 is 2.15 bits per heavy atom. The number of hydrogen-bond acceptors (Lipinski definition) is 4. The summed E-state index contributed by atoms with van der Waals surface area (Å²) in [4.78, 5) is 6.30. The van der Waals surface area contributed by atoms with E-state index in [1.807, 2.05) is 19.9 Å². The number of aromatic nitrogens is 1. The topological polar surface area (TPSA) is 34.6 Å². The molecule has 0 aliphatic rings. The highest BCUT2D eigenvalue weighted by atomic mass is 35.5. The van der Waals surface area contributed by atoms with E-state index in [-0.39, 0.29) is 0 Å². The Kier molecular flexibility index (Phi) is 9.14. The lowest BCUT2D eigenvalue weighted by atomic mass is 10.2. The van der Waals surface area contributed by atoms with E-state index in [0.717, 1.165) is 31.9 Å². The van der Waals surface area contributed by atoms with Gasteiger partial charge in [-0.15, -0.1) is 0 Å². The molecule has 0 aliphatic heterocycles. The SMILES string of the molecule is CCOCCN(CCOCC)Cc1ccc(Cl)nc1Cl. The molecule has 1 aromatic rings. The van der Waals surface area contributed by atoms with Crippen molar-refractivity contribution in [1.82, 2.24) is 9.88 Å². The van der Waals surface area contributed by atoms with Crippen LogP contribution in [0.3, 0.4) is 0 Å². The van der Waals surface area contributed by atoms with Gasteiger partial charge in [0.2, 0.25) is 0 Å². The van der Waals surface area contributed by atoms with Gasteiger partial charge in [-0.05, 0) is 19.9 Å². The molecule has 0 atom stereocenters. The van der Waals surface area contributed by atoms with E-state index < -0.39 is 0 Å². The molecular formula is C14H22Cl2N2O2. The zero-order valence-corrected chi connectivity index (χ0v) is 13.6. The van der Waals surface area contributed by atoms with Crippen LogP contribution in [0, 0.1) is 0 Å². The van der Waals surface area contributed by atoms with Gasteiger partial charge >= 0.3 is 0 Å². The van der Waals surface area contributed by atoms with Crippen LogP contribution < -0.4 is 0 Å². The average Bonchev–Trinajstić information content (AvgIpc) is 2.42. The number of pyridine rings is 1. The standard InChI is InChI=1S/C14H22Cl2N2O2/c1-3-19-9-7-18(8-10-20-4-2)11-12-5-6-13(15)17-14(12)16/h5-6H,3-4,7-11H2,1-2H3. The van der Waals surface area contributed by atoms with Crippen molar-refractivity contribution < 1.29 is 9.47 Å². The molecule has 20 heavy (non-hydrogen) atoms. The molecule has 1 aromatic heterocycles. The van der Waals surface area contributed by atoms with Crippen molar-refractivity contribution in [1.29, 1.82) is 0 Å². The van der Waals surface area contributed by atoms with E-state index in [0.29, 0.717) is 30.1 Å². The summed E-state index contributed by atoms with van der Waals surface area (Å²) in [5.41, 5.74) is 0.962. The lowest BCUT2D eigenvalue weighted by Gasteiger charge is -2.22. The largest absolute Gasteiger partial charge is 0.380 e. The maximum Gasteiger partial charge on any atom is 0.135 e. The fourth-order valence-electron chi connectivity index (χ4n) is 1.75. The molecule has 0 fully saturated rings. The molecule has 1 rings (SSSR count). The van der Waals surface area contributed by atoms with Crippen molar-refractivity contribution in [2.45, 2.75) is 20.4 Å². The highest BCUT2D eigenvalue weighted by Gasteiger charge is 2.10. The van der Waals surface area contributed by atoms with Gasteiger partial charge in [0.25, 0.3) is 0 Å². The molecule has 114 valence electrons. The Balaban J connectivity index is 2.56. The predicted octanol–water partition coefficient (Wildman–Crippen LogP) is 3.26. The van der Waals surface area contributed by atoms with Gasteiger partial charge in [-0.2, -0.15) is 0 Å². The zero-order chi connectivity index (χ0) is 14.8. The molecule has 0 spiro atoms. The van der Waals surface area contributed by atoms with Crippen LogP contribution in [-0.2, 0) is 16.0 Å². The lowest BCUT2D eigenvalue weighted by molar-refractivity contribution is 0.0797. The monoisotopic (exact) mass is 320 g/mol. The molecule has 0 radical (unpaired) electrons. The Labute approximate surface area is 131 Å². The molecule has 1 heterocycles. The summed E-state index contributed by atoms with van der Waals surface area (Å²) in [6.45, 7) is 9.20. The minimum Gasteiger partial charge on any atom is -0.380 e. The number of nitrogens with zero attached hydrogens (tertiary/aromatic N) is 2. The van der Waals surface area contributed by atoms with Crippen molar-refractivity contribution >= 4 is 23.2 Å². The van der Waals surface area contributed by atoms with E-state index in [9.17, 15) is 0 Å². The summed E-state index contributed by atoms with van der Waals surface area (Å²) < 4.78 is 10.8. The first-order chi connectivity index (χ1) is 9.67. The highest BCUT2D eigenvalue weighted by Crippen LogP contribution is 2.18. The van der Waals surface area contributed by atoms with Gasteiger partial charge < -0.3 is 9.47 Å². The summed E-state index contributed by atoms with van der Waals surface area (Å²) in [6.07, 6.45) is 0. The number of rotatable bonds is 10. The molecule has 0 amide bonds. The van der Waals surface area contributed by atoms with Crippen LogP contribution in [0.4, 0.5) is 0 Å². The van der Waals surface area contributed by atoms with Gasteiger partial charge in [0, 0.05) is 38.4 Å². The fourth-order valence-corrected chi connectivity index (χ4v) is 2.15. The van der Waals surface area contributed by atoms with Gasteiger partial charge in [0.1, 0.15) is 10.3 Å². The Morgan fingerprint density at radius 1 is 1.05 bits per heavy atom. The second-order valence-electron chi connectivity index (χ2n) is 4.25. The Hall–Kier alpha value is -0.390. The zero-order valence-electron chi connectivity index (χ0n) is 12.1. The first-order valence-electron chi connectivity index (χ1n) is 6.86. The van der Waals surface area contributed by atoms with E-state index in [4.69, 9.17) is 32.7 Å². The van der Waals surface area contributed by atoms with E-state index >= 15 is 0 Å². The molecule has 0 aromatic carbocycles. The van der Waals surface area contributed by atoms with Crippen molar-refractivity contribution in [2.75, 3.05) is 39.5 Å². The second kappa shape index (κ2) is 10.4. The third-order valence-corrected chi connectivity index (χ3v) is 3.34. The molecule has 6 heteroatoms. The first-order valence-corrected chi connectivity index (χ1v) is 7.61. The third kappa shape index (κ3) is 6.86. The van der Waals surface area contributed by atoms with Crippen LogP contribution in [0.5, 0.6) is 0 Å². The maximum absolute atomic E-state index is 6.11. The normalized spacial score (nSPS) is 11.2. The molecule has 0 unspecified atom stereocenters. The quantitative estimate of drug-likeness (QED) is 0.489. The van der Waals surface area contributed by atoms with Crippen molar-refractivity contribution in [2.24, 2.45) is 0 Å². The average molecular weight is 321 g/mol. The van der Waals surface area contributed by atoms with Crippen molar-refractivity contribution in [3.63, 3.8) is 0 Å². The number of ether oxygens (including phenoxy) is 2. The van der Waals surface area contributed by atoms with Gasteiger partial charge in [-0.1, -0.05) is 29.3 Å². The maximum atomic E-state index is 6.11. The summed E-state index contributed by atoms with van der Waals surface area (Å²) >= 11 is 11.9. The molecule has 4 nitrogen and oxygen atoms in total. The van der Waals surface area contributed by atoms with Crippen molar-refractivity contribution in [3.05, 3.63) is 28.0 Å². The van der Waals surface area contributed by atoms with Crippen LogP contribution in [0.15, 0.2) is 12.1 Å².